The molecule has 5 aromatic rings. The minimum Gasteiger partial charge on any atom is -0.492 e. The first kappa shape index (κ1) is 20.7. The summed E-state index contributed by atoms with van der Waals surface area (Å²) in [6.45, 7) is 5.33. The van der Waals surface area contributed by atoms with E-state index in [1.165, 1.54) is 0 Å². The Balaban J connectivity index is 1.39. The third kappa shape index (κ3) is 4.41. The van der Waals surface area contributed by atoms with Gasteiger partial charge in [-0.25, -0.2) is 15.0 Å². The number of aromatic nitrogens is 5. The minimum absolute atomic E-state index is 0.156. The first-order chi connectivity index (χ1) is 16.2. The zero-order chi connectivity index (χ0) is 22.6. The highest BCUT2D eigenvalue weighted by Crippen LogP contribution is 2.29. The summed E-state index contributed by atoms with van der Waals surface area (Å²) in [5, 5.41) is 7.86. The third-order valence-corrected chi connectivity index (χ3v) is 5.26. The van der Waals surface area contributed by atoms with Gasteiger partial charge in [-0.05, 0) is 50.2 Å². The number of anilines is 3. The van der Waals surface area contributed by atoms with Gasteiger partial charge in [0.15, 0.2) is 17.0 Å². The molecular formula is C25H25N7O. The van der Waals surface area contributed by atoms with E-state index in [-0.39, 0.29) is 6.04 Å². The fraction of sp³-hybridized carbons (Fsp3) is 0.200. The highest BCUT2D eigenvalue weighted by molar-refractivity contribution is 5.87. The SMILES string of the molecule is CC(C)n1c(Nc2ccc3ncccc3c2)nc2c(NCCOc3ccccc3)ncnc21. The van der Waals surface area contributed by atoms with Crippen LogP contribution in [0.25, 0.3) is 22.1 Å². The van der Waals surface area contributed by atoms with Crippen molar-refractivity contribution >= 4 is 39.5 Å². The third-order valence-electron chi connectivity index (χ3n) is 5.26. The quantitative estimate of drug-likeness (QED) is 0.322. The number of para-hydroxylation sites is 1. The van der Waals surface area contributed by atoms with Crippen molar-refractivity contribution in [2.45, 2.75) is 19.9 Å². The van der Waals surface area contributed by atoms with Crippen molar-refractivity contribution in [3.8, 4) is 5.75 Å². The van der Waals surface area contributed by atoms with Crippen molar-refractivity contribution < 1.29 is 4.74 Å². The molecule has 5 rings (SSSR count). The summed E-state index contributed by atoms with van der Waals surface area (Å²) in [7, 11) is 0. The van der Waals surface area contributed by atoms with Crippen LogP contribution in [-0.2, 0) is 0 Å². The van der Waals surface area contributed by atoms with Gasteiger partial charge in [0.1, 0.15) is 18.7 Å². The number of hydrogen-bond acceptors (Lipinski definition) is 7. The highest BCUT2D eigenvalue weighted by Gasteiger charge is 2.18. The van der Waals surface area contributed by atoms with Crippen molar-refractivity contribution in [3.63, 3.8) is 0 Å². The summed E-state index contributed by atoms with van der Waals surface area (Å²) >= 11 is 0. The van der Waals surface area contributed by atoms with Gasteiger partial charge in [-0.1, -0.05) is 24.3 Å². The Kier molecular flexibility index (Phi) is 5.72. The van der Waals surface area contributed by atoms with E-state index in [9.17, 15) is 0 Å². The molecule has 0 aliphatic heterocycles. The standard InChI is InChI=1S/C25H25N7O/c1-17(2)32-24-22(23(28-16-29-24)27-13-14-33-20-8-4-3-5-9-20)31-25(32)30-19-10-11-21-18(15-19)7-6-12-26-21/h3-12,15-17H,13-14H2,1-2H3,(H,30,31)(H,27,28,29). The lowest BCUT2D eigenvalue weighted by Crippen LogP contribution is -2.13. The van der Waals surface area contributed by atoms with E-state index < -0.39 is 0 Å². The van der Waals surface area contributed by atoms with E-state index in [2.05, 4.69) is 50.1 Å². The van der Waals surface area contributed by atoms with E-state index in [1.807, 2.05) is 54.6 Å². The van der Waals surface area contributed by atoms with Crippen molar-refractivity contribution in [3.05, 3.63) is 73.2 Å². The fourth-order valence-corrected chi connectivity index (χ4v) is 3.75. The molecule has 2 N–H and O–H groups in total. The average molecular weight is 440 g/mol. The summed E-state index contributed by atoms with van der Waals surface area (Å²) in [6.07, 6.45) is 3.36. The first-order valence-corrected chi connectivity index (χ1v) is 11.0. The smallest absolute Gasteiger partial charge is 0.210 e. The van der Waals surface area contributed by atoms with Gasteiger partial charge in [-0.2, -0.15) is 0 Å². The molecule has 3 heterocycles. The van der Waals surface area contributed by atoms with Gasteiger partial charge in [0.05, 0.1) is 12.1 Å². The fourth-order valence-electron chi connectivity index (χ4n) is 3.75. The molecule has 0 unspecified atom stereocenters. The molecule has 8 heteroatoms. The largest absolute Gasteiger partial charge is 0.492 e. The van der Waals surface area contributed by atoms with Gasteiger partial charge in [0.2, 0.25) is 5.95 Å². The zero-order valence-electron chi connectivity index (χ0n) is 18.6. The van der Waals surface area contributed by atoms with Crippen LogP contribution in [0.4, 0.5) is 17.5 Å². The molecule has 0 spiro atoms. The monoisotopic (exact) mass is 439 g/mol. The number of ether oxygens (including phenoxy) is 1. The van der Waals surface area contributed by atoms with Crippen LogP contribution in [0.1, 0.15) is 19.9 Å². The maximum absolute atomic E-state index is 5.77. The predicted octanol–water partition coefficient (Wildman–Crippen LogP) is 5.19. The molecular weight excluding hydrogens is 414 g/mol. The molecule has 0 radical (unpaired) electrons. The maximum atomic E-state index is 5.77. The lowest BCUT2D eigenvalue weighted by atomic mass is 10.2. The number of nitrogens with zero attached hydrogens (tertiary/aromatic N) is 5. The number of hydrogen-bond donors (Lipinski definition) is 2. The molecule has 166 valence electrons. The first-order valence-electron chi connectivity index (χ1n) is 11.0. The van der Waals surface area contributed by atoms with Gasteiger partial charge in [-0.15, -0.1) is 0 Å². The molecule has 0 aliphatic carbocycles. The number of fused-ring (bicyclic) bond motifs is 2. The highest BCUT2D eigenvalue weighted by atomic mass is 16.5. The lowest BCUT2D eigenvalue weighted by molar-refractivity contribution is 0.333. The molecule has 0 bridgehead atoms. The van der Waals surface area contributed by atoms with Crippen LogP contribution in [0.15, 0.2) is 73.2 Å². The van der Waals surface area contributed by atoms with E-state index in [0.29, 0.717) is 24.9 Å². The number of imidazole rings is 1. The van der Waals surface area contributed by atoms with Crippen LogP contribution in [0.5, 0.6) is 5.75 Å². The second-order valence-electron chi connectivity index (χ2n) is 7.92. The summed E-state index contributed by atoms with van der Waals surface area (Å²) in [5.74, 6) is 2.24. The Labute approximate surface area is 191 Å². The summed E-state index contributed by atoms with van der Waals surface area (Å²) in [4.78, 5) is 18.2. The molecule has 0 atom stereocenters. The van der Waals surface area contributed by atoms with Gasteiger partial charge in [0, 0.05) is 23.3 Å². The number of rotatable bonds is 8. The Morgan fingerprint density at radius 1 is 0.970 bits per heavy atom. The maximum Gasteiger partial charge on any atom is 0.210 e. The molecule has 2 aromatic carbocycles. The zero-order valence-corrected chi connectivity index (χ0v) is 18.6. The molecule has 3 aromatic heterocycles. The molecule has 0 saturated carbocycles. The van der Waals surface area contributed by atoms with Crippen LogP contribution < -0.4 is 15.4 Å². The average Bonchev–Trinajstić information content (AvgIpc) is 3.21. The number of pyridine rings is 1. The molecule has 8 nitrogen and oxygen atoms in total. The topological polar surface area (TPSA) is 89.8 Å². The summed E-state index contributed by atoms with van der Waals surface area (Å²) in [6, 6.07) is 20.0. The molecule has 0 saturated heterocycles. The van der Waals surface area contributed by atoms with Crippen molar-refractivity contribution in [1.29, 1.82) is 0 Å². The number of nitrogens with one attached hydrogen (secondary N) is 2. The molecule has 0 aliphatic rings. The van der Waals surface area contributed by atoms with Crippen LogP contribution in [-0.4, -0.2) is 37.7 Å². The van der Waals surface area contributed by atoms with Gasteiger partial charge in [0.25, 0.3) is 0 Å². The van der Waals surface area contributed by atoms with Crippen molar-refractivity contribution in [2.24, 2.45) is 0 Å². The van der Waals surface area contributed by atoms with Crippen molar-refractivity contribution in [1.82, 2.24) is 24.5 Å². The van der Waals surface area contributed by atoms with E-state index in [4.69, 9.17) is 9.72 Å². The van der Waals surface area contributed by atoms with Gasteiger partial charge in [-0.3, -0.25) is 9.55 Å². The molecule has 0 amide bonds. The van der Waals surface area contributed by atoms with E-state index >= 15 is 0 Å². The van der Waals surface area contributed by atoms with E-state index in [1.54, 1.807) is 12.5 Å². The Bertz CT molecular complexity index is 1380. The summed E-state index contributed by atoms with van der Waals surface area (Å²) in [5.41, 5.74) is 3.38. The lowest BCUT2D eigenvalue weighted by Gasteiger charge is -2.13. The Hall–Kier alpha value is -4.20. The van der Waals surface area contributed by atoms with Crippen molar-refractivity contribution in [2.75, 3.05) is 23.8 Å². The second-order valence-corrected chi connectivity index (χ2v) is 7.92. The Morgan fingerprint density at radius 2 is 1.85 bits per heavy atom. The van der Waals surface area contributed by atoms with Crippen LogP contribution in [0, 0.1) is 0 Å². The van der Waals surface area contributed by atoms with Crippen LogP contribution in [0.3, 0.4) is 0 Å². The number of benzene rings is 2. The van der Waals surface area contributed by atoms with Crippen LogP contribution in [0.2, 0.25) is 0 Å². The Morgan fingerprint density at radius 3 is 2.70 bits per heavy atom. The van der Waals surface area contributed by atoms with E-state index in [0.717, 1.165) is 33.5 Å². The second kappa shape index (κ2) is 9.12. The van der Waals surface area contributed by atoms with Gasteiger partial charge < -0.3 is 15.4 Å². The predicted molar refractivity (Wildman–Crippen MR) is 131 cm³/mol. The molecule has 33 heavy (non-hydrogen) atoms. The summed E-state index contributed by atoms with van der Waals surface area (Å²) < 4.78 is 7.85. The normalized spacial score (nSPS) is 11.2. The van der Waals surface area contributed by atoms with Crippen LogP contribution >= 0.6 is 0 Å². The minimum atomic E-state index is 0.156. The molecule has 0 fully saturated rings. The van der Waals surface area contributed by atoms with Gasteiger partial charge >= 0.3 is 0 Å².